The largest absolute Gasteiger partial charge is 0.376 e. The summed E-state index contributed by atoms with van der Waals surface area (Å²) in [5.41, 5.74) is 0. The molecule has 2 saturated heterocycles. The van der Waals surface area contributed by atoms with Crippen molar-refractivity contribution in [2.45, 2.75) is 32.3 Å². The Hall–Kier alpha value is -0.860. The van der Waals surface area contributed by atoms with Gasteiger partial charge >= 0.3 is 0 Å². The molecule has 2 aliphatic heterocycles. The van der Waals surface area contributed by atoms with Crippen LogP contribution in [0.5, 0.6) is 0 Å². The fraction of sp³-hybridized carbons (Fsp3) is 0.923. The summed E-state index contributed by atoms with van der Waals surface area (Å²) in [6, 6.07) is 0. The maximum Gasteiger partial charge on any atom is 0.214 e. The average Bonchev–Trinajstić information content (AvgIpc) is 3.06. The Morgan fingerprint density at radius 3 is 2.86 bits per heavy atom. The second-order valence-corrected chi connectivity index (χ2v) is 7.44. The van der Waals surface area contributed by atoms with Crippen molar-refractivity contribution >= 4 is 16.0 Å². The van der Waals surface area contributed by atoms with Crippen molar-refractivity contribution in [2.75, 3.05) is 45.1 Å². The summed E-state index contributed by atoms with van der Waals surface area (Å²) in [6.07, 6.45) is 3.13. The van der Waals surface area contributed by atoms with E-state index in [4.69, 9.17) is 4.74 Å². The van der Waals surface area contributed by atoms with Crippen LogP contribution in [0.1, 0.15) is 26.2 Å². The highest BCUT2D eigenvalue weighted by molar-refractivity contribution is 7.89. The first-order valence-electron chi connectivity index (χ1n) is 7.73. The molecule has 0 saturated carbocycles. The molecule has 122 valence electrons. The quantitative estimate of drug-likeness (QED) is 0.521. The van der Waals surface area contributed by atoms with Crippen molar-refractivity contribution in [1.29, 1.82) is 0 Å². The lowest BCUT2D eigenvalue weighted by Crippen LogP contribution is -2.42. The smallest absolute Gasteiger partial charge is 0.214 e. The molecule has 0 aromatic carbocycles. The van der Waals surface area contributed by atoms with Gasteiger partial charge in [-0.1, -0.05) is 0 Å². The monoisotopic (exact) mass is 318 g/mol. The Balaban J connectivity index is 1.75. The van der Waals surface area contributed by atoms with Gasteiger partial charge in [-0.3, -0.25) is 4.99 Å². The highest BCUT2D eigenvalue weighted by Crippen LogP contribution is 2.12. The molecule has 2 N–H and O–H groups in total. The molecule has 0 amide bonds. The highest BCUT2D eigenvalue weighted by atomic mass is 32.2. The number of nitrogens with one attached hydrogen (secondary N) is 2. The van der Waals surface area contributed by atoms with Crippen molar-refractivity contribution in [2.24, 2.45) is 4.99 Å². The van der Waals surface area contributed by atoms with Gasteiger partial charge in [0, 0.05) is 32.8 Å². The molecule has 1 unspecified atom stereocenters. The zero-order valence-corrected chi connectivity index (χ0v) is 13.5. The van der Waals surface area contributed by atoms with Crippen molar-refractivity contribution in [3.05, 3.63) is 0 Å². The van der Waals surface area contributed by atoms with Gasteiger partial charge < -0.3 is 15.4 Å². The van der Waals surface area contributed by atoms with Crippen LogP contribution in [0.3, 0.4) is 0 Å². The van der Waals surface area contributed by atoms with E-state index < -0.39 is 10.0 Å². The van der Waals surface area contributed by atoms with E-state index in [1.165, 1.54) is 0 Å². The summed E-state index contributed by atoms with van der Waals surface area (Å²) in [5.74, 6) is 1.00. The van der Waals surface area contributed by atoms with E-state index in [2.05, 4.69) is 15.6 Å². The molecule has 2 heterocycles. The maximum atomic E-state index is 11.7. The standard InChI is InChI=1S/C13H26N4O3S/c1-2-14-13(16-11-12-5-3-9-20-12)15-6-8-17-7-4-10-21(17,18)19/h12H,2-11H2,1H3,(H2,14,15,16). The third kappa shape index (κ3) is 5.12. The second kappa shape index (κ2) is 7.95. The first kappa shape index (κ1) is 16.5. The maximum absolute atomic E-state index is 11.7. The van der Waals surface area contributed by atoms with Crippen LogP contribution < -0.4 is 10.6 Å². The second-order valence-electron chi connectivity index (χ2n) is 5.35. The van der Waals surface area contributed by atoms with Crippen molar-refractivity contribution in [3.63, 3.8) is 0 Å². The lowest BCUT2D eigenvalue weighted by atomic mass is 10.2. The molecule has 0 aromatic heterocycles. The Bertz CT molecular complexity index is 446. The van der Waals surface area contributed by atoms with Crippen LogP contribution in [-0.4, -0.2) is 69.9 Å². The van der Waals surface area contributed by atoms with Crippen LogP contribution in [0, 0.1) is 0 Å². The lowest BCUT2D eigenvalue weighted by Gasteiger charge is -2.17. The van der Waals surface area contributed by atoms with Gasteiger partial charge in [0.05, 0.1) is 18.4 Å². The molecule has 21 heavy (non-hydrogen) atoms. The molecule has 2 fully saturated rings. The molecule has 7 nitrogen and oxygen atoms in total. The normalized spacial score (nSPS) is 26.1. The van der Waals surface area contributed by atoms with Crippen molar-refractivity contribution in [1.82, 2.24) is 14.9 Å². The molecule has 2 aliphatic rings. The molecule has 0 radical (unpaired) electrons. The molecular weight excluding hydrogens is 292 g/mol. The number of sulfonamides is 1. The summed E-state index contributed by atoms with van der Waals surface area (Å²) >= 11 is 0. The summed E-state index contributed by atoms with van der Waals surface area (Å²) in [5, 5.41) is 6.35. The average molecular weight is 318 g/mol. The minimum Gasteiger partial charge on any atom is -0.376 e. The van der Waals surface area contributed by atoms with E-state index >= 15 is 0 Å². The Morgan fingerprint density at radius 1 is 1.38 bits per heavy atom. The van der Waals surface area contributed by atoms with Crippen LogP contribution in [-0.2, 0) is 14.8 Å². The predicted molar refractivity (Wildman–Crippen MR) is 82.9 cm³/mol. The van der Waals surface area contributed by atoms with E-state index in [0.29, 0.717) is 26.2 Å². The van der Waals surface area contributed by atoms with E-state index in [-0.39, 0.29) is 11.9 Å². The van der Waals surface area contributed by atoms with Crippen LogP contribution in [0.2, 0.25) is 0 Å². The van der Waals surface area contributed by atoms with Crippen LogP contribution in [0.25, 0.3) is 0 Å². The zero-order chi connectivity index (χ0) is 15.1. The third-order valence-corrected chi connectivity index (χ3v) is 5.63. The first-order chi connectivity index (χ1) is 10.1. The van der Waals surface area contributed by atoms with Crippen LogP contribution >= 0.6 is 0 Å². The Labute approximate surface area is 127 Å². The minimum absolute atomic E-state index is 0.222. The van der Waals surface area contributed by atoms with E-state index in [1.54, 1.807) is 4.31 Å². The summed E-state index contributed by atoms with van der Waals surface area (Å²) in [6.45, 7) is 5.96. The van der Waals surface area contributed by atoms with Gasteiger partial charge in [0.1, 0.15) is 0 Å². The first-order valence-corrected chi connectivity index (χ1v) is 9.34. The molecule has 1 atom stereocenters. The van der Waals surface area contributed by atoms with Gasteiger partial charge in [-0.25, -0.2) is 12.7 Å². The Kier molecular flexibility index (Phi) is 6.25. The number of ether oxygens (including phenoxy) is 1. The Morgan fingerprint density at radius 2 is 2.24 bits per heavy atom. The molecule has 0 aliphatic carbocycles. The number of guanidine groups is 1. The van der Waals surface area contributed by atoms with Gasteiger partial charge in [-0.15, -0.1) is 0 Å². The van der Waals surface area contributed by atoms with E-state index in [0.717, 1.165) is 38.4 Å². The number of hydrogen-bond acceptors (Lipinski definition) is 4. The van der Waals surface area contributed by atoms with Crippen LogP contribution in [0.4, 0.5) is 0 Å². The molecule has 0 aromatic rings. The van der Waals surface area contributed by atoms with Gasteiger partial charge in [0.25, 0.3) is 0 Å². The number of aliphatic imine (C=N–C) groups is 1. The molecule has 0 spiro atoms. The summed E-state index contributed by atoms with van der Waals surface area (Å²) < 4.78 is 30.5. The summed E-state index contributed by atoms with van der Waals surface area (Å²) in [4.78, 5) is 4.50. The van der Waals surface area contributed by atoms with E-state index in [1.807, 2.05) is 6.92 Å². The van der Waals surface area contributed by atoms with Crippen molar-refractivity contribution < 1.29 is 13.2 Å². The fourth-order valence-corrected chi connectivity index (χ4v) is 4.09. The lowest BCUT2D eigenvalue weighted by molar-refractivity contribution is 0.117. The topological polar surface area (TPSA) is 83.0 Å². The molecule has 8 heteroatoms. The third-order valence-electron chi connectivity index (χ3n) is 3.68. The van der Waals surface area contributed by atoms with E-state index in [9.17, 15) is 8.42 Å². The van der Waals surface area contributed by atoms with Gasteiger partial charge in [-0.05, 0) is 26.2 Å². The predicted octanol–water partition coefficient (Wildman–Crippen LogP) is -0.244. The number of hydrogen-bond donors (Lipinski definition) is 2. The SMILES string of the molecule is CCNC(=NCC1CCCO1)NCCN1CCCS1(=O)=O. The van der Waals surface area contributed by atoms with Gasteiger partial charge in [0.15, 0.2) is 5.96 Å². The molecule has 0 bridgehead atoms. The zero-order valence-electron chi connectivity index (χ0n) is 12.7. The fourth-order valence-electron chi connectivity index (χ4n) is 2.56. The van der Waals surface area contributed by atoms with Gasteiger partial charge in [0.2, 0.25) is 10.0 Å². The molecule has 2 rings (SSSR count). The highest BCUT2D eigenvalue weighted by Gasteiger charge is 2.27. The number of nitrogens with zero attached hydrogens (tertiary/aromatic N) is 2. The summed E-state index contributed by atoms with van der Waals surface area (Å²) in [7, 11) is -3.01. The minimum atomic E-state index is -3.01. The van der Waals surface area contributed by atoms with Gasteiger partial charge in [-0.2, -0.15) is 0 Å². The number of rotatable bonds is 6. The van der Waals surface area contributed by atoms with Crippen molar-refractivity contribution in [3.8, 4) is 0 Å². The van der Waals surface area contributed by atoms with Crippen LogP contribution in [0.15, 0.2) is 4.99 Å². The molecular formula is C13H26N4O3S.